The second-order valence-corrected chi connectivity index (χ2v) is 3.56. The van der Waals surface area contributed by atoms with Gasteiger partial charge in [0.25, 0.3) is 0 Å². The SMILES string of the molecule is NC(=O)c1ccc2c(cnn2I)c1. The molecule has 2 aromatic rings. The number of fused-ring (bicyclic) bond motifs is 1. The molecule has 4 nitrogen and oxygen atoms in total. The van der Waals surface area contributed by atoms with Crippen molar-refractivity contribution in [3.63, 3.8) is 0 Å². The zero-order valence-electron chi connectivity index (χ0n) is 6.57. The van der Waals surface area contributed by atoms with E-state index in [1.165, 1.54) is 0 Å². The Morgan fingerprint density at radius 2 is 2.31 bits per heavy atom. The molecular formula is C8H6IN3O. The Morgan fingerprint density at radius 3 is 3.00 bits per heavy atom. The number of hydrogen-bond donors (Lipinski definition) is 1. The lowest BCUT2D eigenvalue weighted by Crippen LogP contribution is -2.10. The van der Waals surface area contributed by atoms with Crippen molar-refractivity contribution in [3.8, 4) is 0 Å². The van der Waals surface area contributed by atoms with Gasteiger partial charge in [-0.2, -0.15) is 5.10 Å². The molecule has 0 bridgehead atoms. The highest BCUT2D eigenvalue weighted by Gasteiger charge is 2.04. The average Bonchev–Trinajstić information content (AvgIpc) is 2.47. The van der Waals surface area contributed by atoms with E-state index in [4.69, 9.17) is 5.73 Å². The molecule has 0 radical (unpaired) electrons. The predicted octanol–water partition coefficient (Wildman–Crippen LogP) is 1.33. The molecule has 0 saturated carbocycles. The maximum absolute atomic E-state index is 10.8. The molecule has 66 valence electrons. The van der Waals surface area contributed by atoms with E-state index in [-0.39, 0.29) is 0 Å². The van der Waals surface area contributed by atoms with Crippen molar-refractivity contribution < 1.29 is 4.79 Å². The van der Waals surface area contributed by atoms with E-state index in [0.29, 0.717) is 5.56 Å². The second-order valence-electron chi connectivity index (χ2n) is 2.64. The van der Waals surface area contributed by atoms with Gasteiger partial charge in [0.05, 0.1) is 34.6 Å². The lowest BCUT2D eigenvalue weighted by Gasteiger charge is -1.95. The number of benzene rings is 1. The van der Waals surface area contributed by atoms with Gasteiger partial charge in [0, 0.05) is 10.9 Å². The van der Waals surface area contributed by atoms with Crippen LogP contribution in [0.25, 0.3) is 10.9 Å². The molecule has 2 rings (SSSR count). The number of halogens is 1. The summed E-state index contributed by atoms with van der Waals surface area (Å²) in [6, 6.07) is 5.26. The van der Waals surface area contributed by atoms with Gasteiger partial charge in [0.1, 0.15) is 0 Å². The Hall–Kier alpha value is -1.11. The molecule has 0 aliphatic carbocycles. The summed E-state index contributed by atoms with van der Waals surface area (Å²) in [6.45, 7) is 0. The molecule has 0 unspecified atom stereocenters. The van der Waals surface area contributed by atoms with Crippen molar-refractivity contribution in [2.45, 2.75) is 0 Å². The van der Waals surface area contributed by atoms with Crippen molar-refractivity contribution in [2.75, 3.05) is 0 Å². The standard InChI is InChI=1S/C8H6IN3O/c9-12-7-2-1-5(8(10)13)3-6(7)4-11-12/h1-4H,(H2,10,13). The van der Waals surface area contributed by atoms with E-state index in [0.717, 1.165) is 10.9 Å². The number of aromatic nitrogens is 2. The maximum Gasteiger partial charge on any atom is 0.248 e. The molecule has 0 saturated heterocycles. The summed E-state index contributed by atoms with van der Waals surface area (Å²) in [5.74, 6) is -0.414. The van der Waals surface area contributed by atoms with Crippen LogP contribution in [-0.2, 0) is 0 Å². The second kappa shape index (κ2) is 2.99. The van der Waals surface area contributed by atoms with Crippen molar-refractivity contribution in [3.05, 3.63) is 30.0 Å². The molecule has 0 aliphatic heterocycles. The largest absolute Gasteiger partial charge is 0.366 e. The van der Waals surface area contributed by atoms with Crippen LogP contribution in [0.2, 0.25) is 0 Å². The molecule has 0 fully saturated rings. The Kier molecular flexibility index (Phi) is 1.95. The average molecular weight is 287 g/mol. The number of rotatable bonds is 1. The lowest BCUT2D eigenvalue weighted by atomic mass is 10.1. The van der Waals surface area contributed by atoms with Crippen molar-refractivity contribution >= 4 is 39.7 Å². The van der Waals surface area contributed by atoms with Crippen LogP contribution in [0.4, 0.5) is 0 Å². The minimum Gasteiger partial charge on any atom is -0.366 e. The van der Waals surface area contributed by atoms with Gasteiger partial charge in [0.2, 0.25) is 5.91 Å². The molecule has 0 spiro atoms. The molecule has 13 heavy (non-hydrogen) atoms. The van der Waals surface area contributed by atoms with Gasteiger partial charge in [-0.1, -0.05) is 0 Å². The minimum atomic E-state index is -0.414. The van der Waals surface area contributed by atoms with E-state index < -0.39 is 5.91 Å². The summed E-state index contributed by atoms with van der Waals surface area (Å²) in [4.78, 5) is 10.8. The van der Waals surface area contributed by atoms with Gasteiger partial charge in [-0.25, -0.2) is 2.90 Å². The minimum absolute atomic E-state index is 0.414. The number of carbonyl (C=O) groups is 1. The van der Waals surface area contributed by atoms with Gasteiger partial charge in [0.15, 0.2) is 0 Å². The molecule has 2 N–H and O–H groups in total. The van der Waals surface area contributed by atoms with E-state index in [2.05, 4.69) is 28.0 Å². The summed E-state index contributed by atoms with van der Waals surface area (Å²) >= 11 is 2.07. The quantitative estimate of drug-likeness (QED) is 0.804. The van der Waals surface area contributed by atoms with E-state index in [1.54, 1.807) is 21.2 Å². The Balaban J connectivity index is 2.70. The third-order valence-corrected chi connectivity index (χ3v) is 2.58. The van der Waals surface area contributed by atoms with E-state index in [9.17, 15) is 4.79 Å². The molecular weight excluding hydrogens is 281 g/mol. The first-order valence-corrected chi connectivity index (χ1v) is 4.59. The van der Waals surface area contributed by atoms with Crippen LogP contribution in [0.15, 0.2) is 24.4 Å². The normalized spacial score (nSPS) is 10.5. The fraction of sp³-hybridized carbons (Fsp3) is 0. The third kappa shape index (κ3) is 1.39. The molecule has 1 aromatic heterocycles. The summed E-state index contributed by atoms with van der Waals surface area (Å²) in [5, 5.41) is 4.97. The van der Waals surface area contributed by atoms with Crippen LogP contribution in [0, 0.1) is 0 Å². The van der Waals surface area contributed by atoms with Crippen molar-refractivity contribution in [2.24, 2.45) is 5.73 Å². The predicted molar refractivity (Wildman–Crippen MR) is 57.7 cm³/mol. The summed E-state index contributed by atoms with van der Waals surface area (Å²) < 4.78 is 1.72. The molecule has 5 heteroatoms. The van der Waals surface area contributed by atoms with Gasteiger partial charge in [-0.05, 0) is 18.2 Å². The summed E-state index contributed by atoms with van der Waals surface area (Å²) in [6.07, 6.45) is 1.70. The first-order chi connectivity index (χ1) is 6.18. The van der Waals surface area contributed by atoms with Gasteiger partial charge >= 0.3 is 0 Å². The molecule has 0 aliphatic rings. The van der Waals surface area contributed by atoms with Gasteiger partial charge in [-0.15, -0.1) is 0 Å². The molecule has 1 amide bonds. The van der Waals surface area contributed by atoms with Crippen LogP contribution in [-0.4, -0.2) is 13.9 Å². The Bertz CT molecular complexity index is 477. The zero-order valence-corrected chi connectivity index (χ0v) is 8.72. The number of amides is 1. The number of carbonyl (C=O) groups excluding carboxylic acids is 1. The van der Waals surface area contributed by atoms with Crippen LogP contribution in [0.5, 0.6) is 0 Å². The lowest BCUT2D eigenvalue weighted by molar-refractivity contribution is 0.100. The Labute approximate surface area is 88.2 Å². The molecule has 0 atom stereocenters. The summed E-state index contributed by atoms with van der Waals surface area (Å²) in [7, 11) is 0. The Morgan fingerprint density at radius 1 is 1.54 bits per heavy atom. The highest BCUT2D eigenvalue weighted by Crippen LogP contribution is 2.16. The van der Waals surface area contributed by atoms with Crippen molar-refractivity contribution in [1.29, 1.82) is 0 Å². The smallest absolute Gasteiger partial charge is 0.248 e. The van der Waals surface area contributed by atoms with E-state index in [1.807, 2.05) is 6.07 Å². The highest BCUT2D eigenvalue weighted by molar-refractivity contribution is 14.1. The van der Waals surface area contributed by atoms with Crippen molar-refractivity contribution in [1.82, 2.24) is 7.99 Å². The number of primary amides is 1. The van der Waals surface area contributed by atoms with Crippen LogP contribution in [0.1, 0.15) is 10.4 Å². The molecule has 1 aromatic carbocycles. The first-order valence-electron chi connectivity index (χ1n) is 3.62. The van der Waals surface area contributed by atoms with Gasteiger partial charge in [-0.3, -0.25) is 4.79 Å². The maximum atomic E-state index is 10.8. The number of nitrogens with two attached hydrogens (primary N) is 1. The highest BCUT2D eigenvalue weighted by atomic mass is 127. The zero-order chi connectivity index (χ0) is 9.42. The first kappa shape index (κ1) is 8.49. The fourth-order valence-corrected chi connectivity index (χ4v) is 1.72. The van der Waals surface area contributed by atoms with Crippen LogP contribution >= 0.6 is 22.9 Å². The van der Waals surface area contributed by atoms with Crippen LogP contribution < -0.4 is 5.73 Å². The number of hydrogen-bond acceptors (Lipinski definition) is 2. The monoisotopic (exact) mass is 287 g/mol. The third-order valence-electron chi connectivity index (χ3n) is 1.81. The van der Waals surface area contributed by atoms with Crippen LogP contribution in [0.3, 0.4) is 0 Å². The fourth-order valence-electron chi connectivity index (χ4n) is 1.15. The molecule has 1 heterocycles. The van der Waals surface area contributed by atoms with E-state index >= 15 is 0 Å². The topological polar surface area (TPSA) is 60.9 Å². The number of nitrogens with zero attached hydrogens (tertiary/aromatic N) is 2. The van der Waals surface area contributed by atoms with Gasteiger partial charge < -0.3 is 5.73 Å². The summed E-state index contributed by atoms with van der Waals surface area (Å²) in [5.41, 5.74) is 6.63.